The van der Waals surface area contributed by atoms with Gasteiger partial charge in [-0.2, -0.15) is 0 Å². The Morgan fingerprint density at radius 3 is 2.40 bits per heavy atom. The van der Waals surface area contributed by atoms with Crippen LogP contribution in [0, 0.1) is 13.8 Å². The van der Waals surface area contributed by atoms with Gasteiger partial charge in [0.15, 0.2) is 0 Å². The molecule has 20 heavy (non-hydrogen) atoms. The highest BCUT2D eigenvalue weighted by Crippen LogP contribution is 2.26. The zero-order valence-corrected chi connectivity index (χ0v) is 12.6. The lowest BCUT2D eigenvalue weighted by Gasteiger charge is -2.21. The summed E-state index contributed by atoms with van der Waals surface area (Å²) >= 11 is 0. The van der Waals surface area contributed by atoms with Crippen molar-refractivity contribution in [1.82, 2.24) is 0 Å². The second-order valence-electron chi connectivity index (χ2n) is 4.84. The summed E-state index contributed by atoms with van der Waals surface area (Å²) in [5.41, 5.74) is 8.43. The Balaban J connectivity index is 2.52. The first-order valence-electron chi connectivity index (χ1n) is 6.24. The van der Waals surface area contributed by atoms with E-state index in [1.165, 1.54) is 11.4 Å². The lowest BCUT2D eigenvalue weighted by molar-refractivity contribution is 0.593. The van der Waals surface area contributed by atoms with Crippen LogP contribution in [0.3, 0.4) is 0 Å². The highest BCUT2D eigenvalue weighted by atomic mass is 32.2. The van der Waals surface area contributed by atoms with E-state index in [2.05, 4.69) is 0 Å². The minimum Gasteiger partial charge on any atom is -0.399 e. The summed E-state index contributed by atoms with van der Waals surface area (Å²) < 4.78 is 26.7. The van der Waals surface area contributed by atoms with Gasteiger partial charge in [0.2, 0.25) is 0 Å². The molecule has 2 rings (SSSR count). The standard InChI is InChI=1S/C15H18N2O2S/c1-11-7-8-12(2)15(9-11)20(18,19)17(3)14-6-4-5-13(16)10-14/h4-10H,16H2,1-3H3. The van der Waals surface area contributed by atoms with E-state index in [0.29, 0.717) is 16.3 Å². The third kappa shape index (κ3) is 2.63. The van der Waals surface area contributed by atoms with Gasteiger partial charge in [0.1, 0.15) is 0 Å². The molecule has 2 aromatic rings. The lowest BCUT2D eigenvalue weighted by atomic mass is 10.2. The molecular formula is C15H18N2O2S. The molecule has 4 nitrogen and oxygen atoms in total. The number of benzene rings is 2. The Kier molecular flexibility index (Phi) is 3.72. The zero-order chi connectivity index (χ0) is 14.9. The second-order valence-corrected chi connectivity index (χ2v) is 6.77. The summed E-state index contributed by atoms with van der Waals surface area (Å²) in [6.07, 6.45) is 0. The molecule has 0 aliphatic heterocycles. The number of hydrogen-bond acceptors (Lipinski definition) is 3. The maximum absolute atomic E-state index is 12.7. The molecule has 0 saturated carbocycles. The topological polar surface area (TPSA) is 63.4 Å². The fraction of sp³-hybridized carbons (Fsp3) is 0.200. The van der Waals surface area contributed by atoms with Crippen molar-refractivity contribution in [2.75, 3.05) is 17.1 Å². The first-order chi connectivity index (χ1) is 9.32. The largest absolute Gasteiger partial charge is 0.399 e. The molecule has 0 unspecified atom stereocenters. The molecule has 0 bridgehead atoms. The monoisotopic (exact) mass is 290 g/mol. The van der Waals surface area contributed by atoms with E-state index in [9.17, 15) is 8.42 Å². The molecule has 0 aliphatic carbocycles. The van der Waals surface area contributed by atoms with Crippen LogP contribution in [0.4, 0.5) is 11.4 Å². The van der Waals surface area contributed by atoms with Gasteiger partial charge in [0.25, 0.3) is 10.0 Å². The highest BCUT2D eigenvalue weighted by molar-refractivity contribution is 7.92. The van der Waals surface area contributed by atoms with E-state index in [1.807, 2.05) is 19.1 Å². The molecule has 0 fully saturated rings. The maximum atomic E-state index is 12.7. The quantitative estimate of drug-likeness (QED) is 0.884. The van der Waals surface area contributed by atoms with Crippen LogP contribution in [0.1, 0.15) is 11.1 Å². The van der Waals surface area contributed by atoms with Gasteiger partial charge in [-0.25, -0.2) is 8.42 Å². The van der Waals surface area contributed by atoms with Crippen molar-refractivity contribution in [1.29, 1.82) is 0 Å². The number of hydrogen-bond donors (Lipinski definition) is 1. The minimum atomic E-state index is -3.58. The summed E-state index contributed by atoms with van der Waals surface area (Å²) in [6.45, 7) is 3.67. The van der Waals surface area contributed by atoms with Crippen LogP contribution < -0.4 is 10.0 Å². The third-order valence-electron chi connectivity index (χ3n) is 3.22. The zero-order valence-electron chi connectivity index (χ0n) is 11.8. The Bertz CT molecular complexity index is 739. The Labute approximate surface area is 119 Å². The smallest absolute Gasteiger partial charge is 0.264 e. The van der Waals surface area contributed by atoms with E-state index < -0.39 is 10.0 Å². The number of rotatable bonds is 3. The van der Waals surface area contributed by atoms with Crippen molar-refractivity contribution in [3.63, 3.8) is 0 Å². The molecule has 0 spiro atoms. The summed E-state index contributed by atoms with van der Waals surface area (Å²) in [4.78, 5) is 0.322. The predicted octanol–water partition coefficient (Wildman–Crippen LogP) is 2.71. The van der Waals surface area contributed by atoms with Crippen LogP contribution in [0.15, 0.2) is 47.4 Å². The van der Waals surface area contributed by atoms with E-state index in [1.54, 1.807) is 37.3 Å². The fourth-order valence-corrected chi connectivity index (χ4v) is 3.49. The Morgan fingerprint density at radius 1 is 1.05 bits per heavy atom. The number of aryl methyl sites for hydroxylation is 2. The first kappa shape index (κ1) is 14.4. The Hall–Kier alpha value is -2.01. The molecule has 0 atom stereocenters. The van der Waals surface area contributed by atoms with E-state index in [4.69, 9.17) is 5.73 Å². The molecule has 5 heteroatoms. The van der Waals surface area contributed by atoms with Crippen LogP contribution in [0.5, 0.6) is 0 Å². The molecule has 2 aromatic carbocycles. The molecule has 0 saturated heterocycles. The average Bonchev–Trinajstić information content (AvgIpc) is 2.40. The van der Waals surface area contributed by atoms with Crippen molar-refractivity contribution >= 4 is 21.4 Å². The van der Waals surface area contributed by atoms with Gasteiger partial charge < -0.3 is 5.73 Å². The molecule has 0 radical (unpaired) electrons. The number of nitrogen functional groups attached to an aromatic ring is 1. The van der Waals surface area contributed by atoms with Gasteiger partial charge in [-0.1, -0.05) is 18.2 Å². The van der Waals surface area contributed by atoms with Crippen molar-refractivity contribution in [2.45, 2.75) is 18.7 Å². The second kappa shape index (κ2) is 5.17. The van der Waals surface area contributed by atoms with Crippen molar-refractivity contribution < 1.29 is 8.42 Å². The Morgan fingerprint density at radius 2 is 1.75 bits per heavy atom. The minimum absolute atomic E-state index is 0.322. The third-order valence-corrected chi connectivity index (χ3v) is 5.14. The van der Waals surface area contributed by atoms with Gasteiger partial charge in [-0.05, 0) is 49.2 Å². The first-order valence-corrected chi connectivity index (χ1v) is 7.68. The van der Waals surface area contributed by atoms with Crippen LogP contribution in [0.2, 0.25) is 0 Å². The van der Waals surface area contributed by atoms with E-state index in [0.717, 1.165) is 11.1 Å². The molecular weight excluding hydrogens is 272 g/mol. The maximum Gasteiger partial charge on any atom is 0.264 e. The molecule has 0 aromatic heterocycles. The highest BCUT2D eigenvalue weighted by Gasteiger charge is 2.23. The summed E-state index contributed by atoms with van der Waals surface area (Å²) in [5, 5.41) is 0. The summed E-state index contributed by atoms with van der Waals surface area (Å²) in [7, 11) is -2.05. The number of nitrogens with zero attached hydrogens (tertiary/aromatic N) is 1. The van der Waals surface area contributed by atoms with Gasteiger partial charge in [-0.3, -0.25) is 4.31 Å². The van der Waals surface area contributed by atoms with Crippen molar-refractivity contribution in [3.05, 3.63) is 53.6 Å². The molecule has 0 amide bonds. The molecule has 0 aliphatic rings. The van der Waals surface area contributed by atoms with Crippen LogP contribution in [-0.4, -0.2) is 15.5 Å². The van der Waals surface area contributed by atoms with Gasteiger partial charge in [-0.15, -0.1) is 0 Å². The molecule has 106 valence electrons. The predicted molar refractivity (Wildman–Crippen MR) is 82.4 cm³/mol. The van der Waals surface area contributed by atoms with Gasteiger partial charge in [0, 0.05) is 12.7 Å². The van der Waals surface area contributed by atoms with Gasteiger partial charge in [0.05, 0.1) is 10.6 Å². The number of sulfonamides is 1. The lowest BCUT2D eigenvalue weighted by Crippen LogP contribution is -2.27. The van der Waals surface area contributed by atoms with Crippen LogP contribution >= 0.6 is 0 Å². The number of nitrogens with two attached hydrogens (primary N) is 1. The average molecular weight is 290 g/mol. The summed E-state index contributed by atoms with van der Waals surface area (Å²) in [6, 6.07) is 12.2. The van der Waals surface area contributed by atoms with Crippen molar-refractivity contribution in [3.8, 4) is 0 Å². The number of anilines is 2. The van der Waals surface area contributed by atoms with Gasteiger partial charge >= 0.3 is 0 Å². The summed E-state index contributed by atoms with van der Waals surface area (Å²) in [5.74, 6) is 0. The van der Waals surface area contributed by atoms with Crippen LogP contribution in [-0.2, 0) is 10.0 Å². The molecule has 2 N–H and O–H groups in total. The SMILES string of the molecule is Cc1ccc(C)c(S(=O)(=O)N(C)c2cccc(N)c2)c1. The van der Waals surface area contributed by atoms with E-state index >= 15 is 0 Å². The molecule has 0 heterocycles. The normalized spacial score (nSPS) is 11.3. The fourth-order valence-electron chi connectivity index (χ4n) is 1.99. The van der Waals surface area contributed by atoms with Crippen LogP contribution in [0.25, 0.3) is 0 Å². The van der Waals surface area contributed by atoms with E-state index in [-0.39, 0.29) is 0 Å². The van der Waals surface area contributed by atoms with Crippen molar-refractivity contribution in [2.24, 2.45) is 0 Å².